The van der Waals surface area contributed by atoms with E-state index in [2.05, 4.69) is 5.32 Å². The first kappa shape index (κ1) is 15.0. The van der Waals surface area contributed by atoms with Crippen molar-refractivity contribution in [2.75, 3.05) is 6.54 Å². The standard InChI is InChI=1S/C17H17FN2O/c1-3-20-12(2)13-8-9-17(15(18)10-13)21-16-7-5-4-6-14(16)11-19/h4-10,12,20H,3H2,1-2H3. The van der Waals surface area contributed by atoms with Crippen LogP contribution in [0.25, 0.3) is 0 Å². The molecule has 108 valence electrons. The molecule has 0 amide bonds. The summed E-state index contributed by atoms with van der Waals surface area (Å²) in [5.41, 5.74) is 1.23. The number of halogens is 1. The van der Waals surface area contributed by atoms with Crippen molar-refractivity contribution in [3.63, 3.8) is 0 Å². The molecular weight excluding hydrogens is 267 g/mol. The fourth-order valence-corrected chi connectivity index (χ4v) is 2.06. The predicted molar refractivity (Wildman–Crippen MR) is 79.7 cm³/mol. The van der Waals surface area contributed by atoms with Crippen molar-refractivity contribution in [3.05, 3.63) is 59.4 Å². The molecule has 1 N–H and O–H groups in total. The molecule has 21 heavy (non-hydrogen) atoms. The molecule has 0 saturated heterocycles. The monoisotopic (exact) mass is 284 g/mol. The number of ether oxygens (including phenoxy) is 1. The second kappa shape index (κ2) is 6.87. The van der Waals surface area contributed by atoms with Gasteiger partial charge >= 0.3 is 0 Å². The van der Waals surface area contributed by atoms with Gasteiger partial charge in [-0.3, -0.25) is 0 Å². The van der Waals surface area contributed by atoms with Gasteiger partial charge in [0.15, 0.2) is 11.6 Å². The van der Waals surface area contributed by atoms with Gasteiger partial charge in [0.05, 0.1) is 5.56 Å². The van der Waals surface area contributed by atoms with Gasteiger partial charge in [-0.15, -0.1) is 0 Å². The minimum absolute atomic E-state index is 0.0740. The van der Waals surface area contributed by atoms with Gasteiger partial charge in [0.2, 0.25) is 0 Å². The van der Waals surface area contributed by atoms with E-state index >= 15 is 0 Å². The zero-order valence-corrected chi connectivity index (χ0v) is 12.1. The lowest BCUT2D eigenvalue weighted by Crippen LogP contribution is -2.17. The number of hydrogen-bond donors (Lipinski definition) is 1. The summed E-state index contributed by atoms with van der Waals surface area (Å²) >= 11 is 0. The number of benzene rings is 2. The maximum Gasteiger partial charge on any atom is 0.166 e. The molecule has 0 aliphatic rings. The van der Waals surface area contributed by atoms with E-state index in [9.17, 15) is 4.39 Å². The number of nitriles is 1. The second-order valence-corrected chi connectivity index (χ2v) is 4.68. The molecule has 0 spiro atoms. The normalized spacial score (nSPS) is 11.7. The number of para-hydroxylation sites is 1. The lowest BCUT2D eigenvalue weighted by atomic mass is 10.1. The highest BCUT2D eigenvalue weighted by atomic mass is 19.1. The molecule has 3 nitrogen and oxygen atoms in total. The third-order valence-electron chi connectivity index (χ3n) is 3.19. The Morgan fingerprint density at radius 1 is 1.24 bits per heavy atom. The summed E-state index contributed by atoms with van der Waals surface area (Å²) in [7, 11) is 0. The fraction of sp³-hybridized carbons (Fsp3) is 0.235. The van der Waals surface area contributed by atoms with Crippen LogP contribution in [0.5, 0.6) is 11.5 Å². The van der Waals surface area contributed by atoms with Crippen molar-refractivity contribution in [3.8, 4) is 17.6 Å². The van der Waals surface area contributed by atoms with Crippen LogP contribution >= 0.6 is 0 Å². The van der Waals surface area contributed by atoms with Crippen molar-refractivity contribution in [2.24, 2.45) is 0 Å². The Hall–Kier alpha value is -2.38. The third-order valence-corrected chi connectivity index (χ3v) is 3.19. The highest BCUT2D eigenvalue weighted by Crippen LogP contribution is 2.28. The Labute approximate surface area is 124 Å². The minimum Gasteiger partial charge on any atom is -0.453 e. The van der Waals surface area contributed by atoms with E-state index in [-0.39, 0.29) is 11.8 Å². The summed E-state index contributed by atoms with van der Waals surface area (Å²) in [5.74, 6) is 0.0292. The van der Waals surface area contributed by atoms with Gasteiger partial charge in [-0.05, 0) is 43.3 Å². The van der Waals surface area contributed by atoms with Crippen molar-refractivity contribution in [2.45, 2.75) is 19.9 Å². The van der Waals surface area contributed by atoms with Crippen LogP contribution in [0.2, 0.25) is 0 Å². The second-order valence-electron chi connectivity index (χ2n) is 4.68. The first-order chi connectivity index (χ1) is 10.2. The summed E-state index contributed by atoms with van der Waals surface area (Å²) in [6.45, 7) is 4.80. The minimum atomic E-state index is -0.440. The van der Waals surface area contributed by atoms with E-state index < -0.39 is 5.82 Å². The van der Waals surface area contributed by atoms with Gasteiger partial charge in [-0.25, -0.2) is 4.39 Å². The fourth-order valence-electron chi connectivity index (χ4n) is 2.06. The summed E-state index contributed by atoms with van der Waals surface area (Å²) < 4.78 is 19.6. The van der Waals surface area contributed by atoms with Gasteiger partial charge < -0.3 is 10.1 Å². The quantitative estimate of drug-likeness (QED) is 0.896. The average molecular weight is 284 g/mol. The molecule has 0 aliphatic heterocycles. The zero-order valence-electron chi connectivity index (χ0n) is 12.1. The van der Waals surface area contributed by atoms with Crippen LogP contribution in [0.15, 0.2) is 42.5 Å². The number of hydrogen-bond acceptors (Lipinski definition) is 3. The maximum atomic E-state index is 14.1. The Kier molecular flexibility index (Phi) is 4.91. The molecule has 4 heteroatoms. The topological polar surface area (TPSA) is 45.0 Å². The van der Waals surface area contributed by atoms with E-state index in [0.717, 1.165) is 12.1 Å². The predicted octanol–water partition coefficient (Wildman–Crippen LogP) is 4.16. The van der Waals surface area contributed by atoms with E-state index in [1.165, 1.54) is 6.07 Å². The molecule has 1 unspecified atom stereocenters. The summed E-state index contributed by atoms with van der Waals surface area (Å²) in [5, 5.41) is 12.2. The van der Waals surface area contributed by atoms with E-state index in [4.69, 9.17) is 10.00 Å². The zero-order chi connectivity index (χ0) is 15.2. The van der Waals surface area contributed by atoms with E-state index in [0.29, 0.717) is 11.3 Å². The summed E-state index contributed by atoms with van der Waals surface area (Å²) in [6, 6.07) is 13.7. The SMILES string of the molecule is CCNC(C)c1ccc(Oc2ccccc2C#N)c(F)c1. The van der Waals surface area contributed by atoms with E-state index in [1.807, 2.05) is 26.0 Å². The van der Waals surface area contributed by atoms with Gasteiger partial charge in [-0.2, -0.15) is 5.26 Å². The van der Waals surface area contributed by atoms with Gasteiger partial charge in [0.1, 0.15) is 11.8 Å². The van der Waals surface area contributed by atoms with Crippen LogP contribution in [0.1, 0.15) is 31.0 Å². The van der Waals surface area contributed by atoms with Crippen molar-refractivity contribution in [1.82, 2.24) is 5.32 Å². The van der Waals surface area contributed by atoms with Gasteiger partial charge in [-0.1, -0.05) is 25.1 Å². The van der Waals surface area contributed by atoms with Crippen molar-refractivity contribution >= 4 is 0 Å². The molecule has 2 aromatic carbocycles. The lowest BCUT2D eigenvalue weighted by molar-refractivity contribution is 0.439. The Morgan fingerprint density at radius 3 is 2.67 bits per heavy atom. The molecule has 2 rings (SSSR count). The van der Waals surface area contributed by atoms with Crippen LogP contribution in [-0.2, 0) is 0 Å². The Balaban J connectivity index is 2.24. The number of rotatable bonds is 5. The number of nitrogens with one attached hydrogen (secondary N) is 1. The van der Waals surface area contributed by atoms with Crippen LogP contribution < -0.4 is 10.1 Å². The number of nitrogens with zero attached hydrogens (tertiary/aromatic N) is 1. The summed E-state index contributed by atoms with van der Waals surface area (Å²) in [6.07, 6.45) is 0. The lowest BCUT2D eigenvalue weighted by Gasteiger charge is -2.14. The molecule has 1 atom stereocenters. The van der Waals surface area contributed by atoms with Crippen LogP contribution in [0.3, 0.4) is 0 Å². The molecule has 0 saturated carbocycles. The Morgan fingerprint density at radius 2 is 2.00 bits per heavy atom. The Bertz CT molecular complexity index is 664. The molecule has 0 radical (unpaired) electrons. The molecule has 0 aromatic heterocycles. The molecular formula is C17H17FN2O. The third kappa shape index (κ3) is 3.59. The molecule has 0 fully saturated rings. The average Bonchev–Trinajstić information content (AvgIpc) is 2.50. The maximum absolute atomic E-state index is 14.1. The van der Waals surface area contributed by atoms with Gasteiger partial charge in [0.25, 0.3) is 0 Å². The van der Waals surface area contributed by atoms with Crippen LogP contribution in [-0.4, -0.2) is 6.54 Å². The van der Waals surface area contributed by atoms with Crippen LogP contribution in [0, 0.1) is 17.1 Å². The molecule has 2 aromatic rings. The smallest absolute Gasteiger partial charge is 0.166 e. The largest absolute Gasteiger partial charge is 0.453 e. The van der Waals surface area contributed by atoms with Crippen molar-refractivity contribution < 1.29 is 9.13 Å². The molecule has 0 bridgehead atoms. The molecule has 0 heterocycles. The van der Waals surface area contributed by atoms with Crippen LogP contribution in [0.4, 0.5) is 4.39 Å². The first-order valence-electron chi connectivity index (χ1n) is 6.85. The summed E-state index contributed by atoms with van der Waals surface area (Å²) in [4.78, 5) is 0. The highest BCUT2D eigenvalue weighted by Gasteiger charge is 2.11. The molecule has 0 aliphatic carbocycles. The van der Waals surface area contributed by atoms with Crippen molar-refractivity contribution in [1.29, 1.82) is 5.26 Å². The van der Waals surface area contributed by atoms with E-state index in [1.54, 1.807) is 30.3 Å². The highest BCUT2D eigenvalue weighted by molar-refractivity contribution is 5.45. The first-order valence-corrected chi connectivity index (χ1v) is 6.85. The van der Waals surface area contributed by atoms with Gasteiger partial charge in [0, 0.05) is 6.04 Å².